The number of carbonyl (C=O) groups is 2. The van der Waals surface area contributed by atoms with E-state index in [0.29, 0.717) is 47.7 Å². The van der Waals surface area contributed by atoms with Crippen molar-refractivity contribution in [1.82, 2.24) is 19.7 Å². The number of carboxylic acids is 1. The molecule has 0 spiro atoms. The van der Waals surface area contributed by atoms with Crippen LogP contribution in [0.1, 0.15) is 55.7 Å². The fourth-order valence-corrected chi connectivity index (χ4v) is 6.19. The van der Waals surface area contributed by atoms with Gasteiger partial charge in [0, 0.05) is 36.2 Å². The summed E-state index contributed by atoms with van der Waals surface area (Å²) >= 11 is 6.31. The van der Waals surface area contributed by atoms with Crippen LogP contribution in [0.2, 0.25) is 5.02 Å². The number of aryl methyl sites for hydroxylation is 1. The van der Waals surface area contributed by atoms with Crippen molar-refractivity contribution in [3.8, 4) is 11.5 Å². The molecule has 42 heavy (non-hydrogen) atoms. The van der Waals surface area contributed by atoms with E-state index in [2.05, 4.69) is 15.3 Å². The fourth-order valence-electron chi connectivity index (χ4n) is 6.02. The van der Waals surface area contributed by atoms with Crippen molar-refractivity contribution in [3.63, 3.8) is 0 Å². The smallest absolute Gasteiger partial charge is 0.303 e. The van der Waals surface area contributed by atoms with E-state index in [0.717, 1.165) is 16.5 Å². The molecule has 0 bridgehead atoms. The third kappa shape index (κ3) is 4.95. The number of rotatable bonds is 7. The van der Waals surface area contributed by atoms with Gasteiger partial charge >= 0.3 is 5.97 Å². The number of aliphatic carboxylic acids is 1. The second-order valence-electron chi connectivity index (χ2n) is 11.3. The molecule has 0 radical (unpaired) electrons. The minimum absolute atomic E-state index is 0.0107. The highest BCUT2D eigenvalue weighted by Crippen LogP contribution is 2.45. The first-order chi connectivity index (χ1) is 19.9. The summed E-state index contributed by atoms with van der Waals surface area (Å²) in [5.41, 5.74) is 8.48. The molecule has 2 aromatic heterocycles. The zero-order chi connectivity index (χ0) is 29.8. The van der Waals surface area contributed by atoms with Crippen molar-refractivity contribution < 1.29 is 23.5 Å². The first-order valence-corrected chi connectivity index (χ1v) is 14.2. The highest BCUT2D eigenvalue weighted by Gasteiger charge is 2.47. The number of benzene rings is 2. The van der Waals surface area contributed by atoms with Gasteiger partial charge in [0.25, 0.3) is 0 Å². The van der Waals surface area contributed by atoms with Gasteiger partial charge in [-0.2, -0.15) is 5.10 Å². The molecule has 4 N–H and O–H groups in total. The number of nitrogen functional groups attached to an aromatic ring is 1. The second-order valence-corrected chi connectivity index (χ2v) is 11.8. The van der Waals surface area contributed by atoms with Crippen LogP contribution in [-0.2, 0) is 28.0 Å². The molecule has 0 unspecified atom stereocenters. The summed E-state index contributed by atoms with van der Waals surface area (Å²) in [6.45, 7) is 2.20. The lowest BCUT2D eigenvalue weighted by Crippen LogP contribution is -2.33. The lowest BCUT2D eigenvalue weighted by molar-refractivity contribution is -0.137. The number of hydrogen-bond donors (Lipinski definition) is 3. The maximum atomic E-state index is 13.7. The summed E-state index contributed by atoms with van der Waals surface area (Å²) in [6.07, 6.45) is 0.909. The molecule has 3 heterocycles. The standard InChI is InChI=1S/C30H29ClF2N6O3/c1-29(18-5-2-16(3-6-18)4-9-22(40)41)23-25(34)35-27(36-26(23)37-28(29)42)24-20-8-7-19(31)14-21(20)39(38-24)15-17-10-12-30(32,33)13-11-17/h2-3,5-8,14,17H,4,9-13,15H2,1H3,(H,40,41)(H3,34,35,36,37,42)/t29-/m0/s1. The summed E-state index contributed by atoms with van der Waals surface area (Å²) in [4.78, 5) is 33.6. The molecule has 9 nitrogen and oxygen atoms in total. The van der Waals surface area contributed by atoms with Gasteiger partial charge in [-0.3, -0.25) is 14.3 Å². The minimum atomic E-state index is -2.62. The van der Waals surface area contributed by atoms with Crippen LogP contribution in [-0.4, -0.2) is 42.7 Å². The summed E-state index contributed by atoms with van der Waals surface area (Å²) in [7, 11) is 0. The Balaban J connectivity index is 1.36. The number of anilines is 2. The third-order valence-electron chi connectivity index (χ3n) is 8.48. The van der Waals surface area contributed by atoms with Crippen LogP contribution in [0.3, 0.4) is 0 Å². The number of hydrogen-bond acceptors (Lipinski definition) is 6. The normalized spacial score (nSPS) is 20.0. The Morgan fingerprint density at radius 1 is 1.17 bits per heavy atom. The Morgan fingerprint density at radius 2 is 1.88 bits per heavy atom. The SMILES string of the molecule is C[C@@]1(c2ccc(CCC(=O)O)cc2)C(=O)Nc2nc(-c3nn(CC4CCC(F)(F)CC4)c4cc(Cl)ccc34)nc(N)c21. The number of aromatic nitrogens is 4. The Hall–Kier alpha value is -4.12. The van der Waals surface area contributed by atoms with Crippen LogP contribution in [0.5, 0.6) is 0 Å². The molecule has 2 aliphatic rings. The number of carbonyl (C=O) groups excluding carboxylic acids is 1. The number of amides is 1. The van der Waals surface area contributed by atoms with E-state index in [4.69, 9.17) is 27.5 Å². The third-order valence-corrected chi connectivity index (χ3v) is 8.71. The van der Waals surface area contributed by atoms with Crippen molar-refractivity contribution in [2.45, 2.75) is 63.3 Å². The van der Waals surface area contributed by atoms with E-state index < -0.39 is 17.3 Å². The monoisotopic (exact) mass is 594 g/mol. The average Bonchev–Trinajstić information content (AvgIpc) is 3.43. The van der Waals surface area contributed by atoms with Gasteiger partial charge in [-0.25, -0.2) is 18.7 Å². The van der Waals surface area contributed by atoms with Gasteiger partial charge in [0.2, 0.25) is 11.8 Å². The molecule has 1 aliphatic heterocycles. The van der Waals surface area contributed by atoms with Gasteiger partial charge in [-0.1, -0.05) is 35.9 Å². The molecule has 2 aromatic carbocycles. The van der Waals surface area contributed by atoms with E-state index in [-0.39, 0.29) is 48.5 Å². The van der Waals surface area contributed by atoms with E-state index >= 15 is 0 Å². The van der Waals surface area contributed by atoms with Crippen molar-refractivity contribution >= 4 is 46.0 Å². The van der Waals surface area contributed by atoms with Crippen molar-refractivity contribution in [1.29, 1.82) is 0 Å². The number of nitrogens with zero attached hydrogens (tertiary/aromatic N) is 4. The van der Waals surface area contributed by atoms with Crippen LogP contribution in [0, 0.1) is 5.92 Å². The van der Waals surface area contributed by atoms with Gasteiger partial charge in [-0.05, 0) is 61.4 Å². The quantitative estimate of drug-likeness (QED) is 0.245. The Bertz CT molecular complexity index is 1710. The first kappa shape index (κ1) is 28.0. The predicted molar refractivity (Wildman–Crippen MR) is 155 cm³/mol. The molecule has 218 valence electrons. The van der Waals surface area contributed by atoms with Crippen molar-refractivity contribution in [2.75, 3.05) is 11.1 Å². The van der Waals surface area contributed by atoms with Crippen molar-refractivity contribution in [2.24, 2.45) is 5.92 Å². The summed E-state index contributed by atoms with van der Waals surface area (Å²) in [5, 5.41) is 17.8. The molecule has 1 atom stereocenters. The number of alkyl halides is 2. The maximum absolute atomic E-state index is 13.7. The van der Waals surface area contributed by atoms with Gasteiger partial charge in [0.15, 0.2) is 5.82 Å². The van der Waals surface area contributed by atoms with Gasteiger partial charge < -0.3 is 16.2 Å². The van der Waals surface area contributed by atoms with Crippen LogP contribution >= 0.6 is 11.6 Å². The second kappa shape index (κ2) is 10.3. The molecular weight excluding hydrogens is 566 g/mol. The van der Waals surface area contributed by atoms with Crippen LogP contribution < -0.4 is 11.1 Å². The van der Waals surface area contributed by atoms with E-state index in [1.165, 1.54) is 0 Å². The molecule has 6 rings (SSSR count). The van der Waals surface area contributed by atoms with Gasteiger partial charge in [-0.15, -0.1) is 0 Å². The summed E-state index contributed by atoms with van der Waals surface area (Å²) in [5.74, 6) is -3.14. The number of carboxylic acid groups (broad SMARTS) is 1. The molecule has 1 aliphatic carbocycles. The number of nitrogens with one attached hydrogen (secondary N) is 1. The highest BCUT2D eigenvalue weighted by atomic mass is 35.5. The molecule has 0 saturated heterocycles. The lowest BCUT2D eigenvalue weighted by atomic mass is 9.77. The summed E-state index contributed by atoms with van der Waals surface area (Å²) in [6, 6.07) is 12.5. The Morgan fingerprint density at radius 3 is 2.57 bits per heavy atom. The molecule has 12 heteroatoms. The molecular formula is C30H29ClF2N6O3. The zero-order valence-electron chi connectivity index (χ0n) is 22.8. The summed E-state index contributed by atoms with van der Waals surface area (Å²) < 4.78 is 29.3. The minimum Gasteiger partial charge on any atom is -0.481 e. The van der Waals surface area contributed by atoms with Gasteiger partial charge in [0.1, 0.15) is 22.7 Å². The van der Waals surface area contributed by atoms with E-state index in [9.17, 15) is 18.4 Å². The molecule has 1 amide bonds. The number of halogens is 3. The fraction of sp³-hybridized carbons (Fsp3) is 0.367. The number of nitrogens with two attached hydrogens (primary N) is 1. The first-order valence-electron chi connectivity index (χ1n) is 13.8. The molecule has 1 fully saturated rings. The van der Waals surface area contributed by atoms with E-state index in [1.54, 1.807) is 48.0 Å². The predicted octanol–water partition coefficient (Wildman–Crippen LogP) is 5.83. The highest BCUT2D eigenvalue weighted by molar-refractivity contribution is 6.31. The van der Waals surface area contributed by atoms with Crippen LogP contribution in [0.25, 0.3) is 22.4 Å². The van der Waals surface area contributed by atoms with Gasteiger partial charge in [0.05, 0.1) is 11.1 Å². The Labute approximate surface area is 245 Å². The number of fused-ring (bicyclic) bond motifs is 2. The topological polar surface area (TPSA) is 136 Å². The van der Waals surface area contributed by atoms with Crippen LogP contribution in [0.15, 0.2) is 42.5 Å². The molecule has 4 aromatic rings. The Kier molecular flexibility index (Phi) is 6.87. The maximum Gasteiger partial charge on any atom is 0.303 e. The lowest BCUT2D eigenvalue weighted by Gasteiger charge is -2.28. The van der Waals surface area contributed by atoms with E-state index in [1.807, 2.05) is 6.07 Å². The van der Waals surface area contributed by atoms with Crippen LogP contribution in [0.4, 0.5) is 20.4 Å². The molecule has 1 saturated carbocycles. The zero-order valence-corrected chi connectivity index (χ0v) is 23.6. The van der Waals surface area contributed by atoms with Crippen molar-refractivity contribution in [3.05, 3.63) is 64.2 Å². The average molecular weight is 595 g/mol. The largest absolute Gasteiger partial charge is 0.481 e.